The van der Waals surface area contributed by atoms with Gasteiger partial charge >= 0.3 is 5.69 Å². The summed E-state index contributed by atoms with van der Waals surface area (Å²) in [5.41, 5.74) is 1.80. The number of nitrogens with one attached hydrogen (secondary N) is 1. The topological polar surface area (TPSA) is 75.2 Å². The van der Waals surface area contributed by atoms with Gasteiger partial charge in [-0.2, -0.15) is 0 Å². The van der Waals surface area contributed by atoms with Gasteiger partial charge in [0.05, 0.1) is 10.9 Å². The van der Waals surface area contributed by atoms with Crippen LogP contribution in [0.3, 0.4) is 0 Å². The van der Waals surface area contributed by atoms with Gasteiger partial charge in [-0.15, -0.1) is 0 Å². The number of aromatic nitrogens is 2. The van der Waals surface area contributed by atoms with Gasteiger partial charge in [-0.1, -0.05) is 30.3 Å². The lowest BCUT2D eigenvalue weighted by molar-refractivity contribution is -0.118. The first kappa shape index (κ1) is 16.3. The molecule has 0 bridgehead atoms. The van der Waals surface area contributed by atoms with E-state index in [4.69, 9.17) is 0 Å². The van der Waals surface area contributed by atoms with Crippen LogP contribution in [0.25, 0.3) is 10.9 Å². The number of aromatic amines is 1. The van der Waals surface area contributed by atoms with Crippen LogP contribution in [-0.4, -0.2) is 22.0 Å². The van der Waals surface area contributed by atoms with E-state index in [2.05, 4.69) is 11.1 Å². The minimum Gasteiger partial charge on any atom is -0.312 e. The van der Waals surface area contributed by atoms with Crippen molar-refractivity contribution in [2.75, 3.05) is 11.4 Å². The summed E-state index contributed by atoms with van der Waals surface area (Å²) in [6.45, 7) is 0.921. The molecule has 0 fully saturated rings. The van der Waals surface area contributed by atoms with Gasteiger partial charge in [0.25, 0.3) is 5.56 Å². The predicted octanol–water partition coefficient (Wildman–Crippen LogP) is 2.06. The number of aryl methyl sites for hydroxylation is 2. The zero-order valence-electron chi connectivity index (χ0n) is 14.3. The first-order chi connectivity index (χ1) is 12.6. The van der Waals surface area contributed by atoms with Crippen molar-refractivity contribution in [1.82, 2.24) is 9.55 Å². The second-order valence-electron chi connectivity index (χ2n) is 6.46. The molecule has 132 valence electrons. The Bertz CT molecular complexity index is 1100. The van der Waals surface area contributed by atoms with Crippen molar-refractivity contribution in [3.05, 3.63) is 74.9 Å². The molecule has 0 saturated carbocycles. The standard InChI is InChI=1S/C20H19N3O3/c24-18(22-12-5-7-14-6-1-3-9-16(14)22)11-13-23-17-10-4-2-8-15(17)19(25)21-20(23)26/h1-4,6,8-10H,5,7,11-13H2,(H,21,25,26). The number of nitrogens with zero attached hydrogens (tertiary/aromatic N) is 2. The lowest BCUT2D eigenvalue weighted by atomic mass is 10.0. The van der Waals surface area contributed by atoms with E-state index in [1.54, 1.807) is 29.2 Å². The van der Waals surface area contributed by atoms with Gasteiger partial charge in [0, 0.05) is 25.2 Å². The van der Waals surface area contributed by atoms with Crippen LogP contribution in [0.15, 0.2) is 58.1 Å². The van der Waals surface area contributed by atoms with Crippen LogP contribution in [0, 0.1) is 0 Å². The number of rotatable bonds is 3. The Hall–Kier alpha value is -3.15. The Labute approximate surface area is 149 Å². The van der Waals surface area contributed by atoms with Crippen LogP contribution in [0.1, 0.15) is 18.4 Å². The second kappa shape index (κ2) is 6.63. The van der Waals surface area contributed by atoms with Gasteiger partial charge in [-0.3, -0.25) is 19.1 Å². The molecule has 1 N–H and O–H groups in total. The summed E-state index contributed by atoms with van der Waals surface area (Å²) in [6.07, 6.45) is 2.11. The Morgan fingerprint density at radius 2 is 1.81 bits per heavy atom. The van der Waals surface area contributed by atoms with Crippen LogP contribution in [0.5, 0.6) is 0 Å². The molecule has 0 aliphatic carbocycles. The lowest BCUT2D eigenvalue weighted by Gasteiger charge is -2.29. The van der Waals surface area contributed by atoms with Crippen molar-refractivity contribution in [2.24, 2.45) is 0 Å². The number of carbonyl (C=O) groups excluding carboxylic acids is 1. The zero-order chi connectivity index (χ0) is 18.1. The van der Waals surface area contributed by atoms with E-state index in [-0.39, 0.29) is 18.9 Å². The molecule has 6 heteroatoms. The normalized spacial score (nSPS) is 13.6. The van der Waals surface area contributed by atoms with Crippen molar-refractivity contribution in [3.8, 4) is 0 Å². The third-order valence-electron chi connectivity index (χ3n) is 4.87. The molecule has 0 radical (unpaired) electrons. The number of carbonyl (C=O) groups is 1. The molecular weight excluding hydrogens is 330 g/mol. The number of fused-ring (bicyclic) bond motifs is 2. The van der Waals surface area contributed by atoms with Crippen LogP contribution in [0.2, 0.25) is 0 Å². The largest absolute Gasteiger partial charge is 0.328 e. The predicted molar refractivity (Wildman–Crippen MR) is 101 cm³/mol. The molecule has 0 atom stereocenters. The van der Waals surface area contributed by atoms with Crippen molar-refractivity contribution >= 4 is 22.5 Å². The molecule has 1 aliphatic rings. The highest BCUT2D eigenvalue weighted by atomic mass is 16.2. The number of benzene rings is 2. The third kappa shape index (κ3) is 2.83. The fourth-order valence-electron chi connectivity index (χ4n) is 3.60. The number of H-pyrrole nitrogens is 1. The highest BCUT2D eigenvalue weighted by Gasteiger charge is 2.22. The maximum Gasteiger partial charge on any atom is 0.328 e. The molecule has 26 heavy (non-hydrogen) atoms. The van der Waals surface area contributed by atoms with Gasteiger partial charge in [0.1, 0.15) is 0 Å². The van der Waals surface area contributed by atoms with Crippen LogP contribution in [-0.2, 0) is 17.8 Å². The van der Waals surface area contributed by atoms with Gasteiger partial charge in [0.15, 0.2) is 0 Å². The minimum atomic E-state index is -0.486. The Balaban J connectivity index is 1.61. The Morgan fingerprint density at radius 3 is 2.69 bits per heavy atom. The molecule has 2 heterocycles. The van der Waals surface area contributed by atoms with Gasteiger partial charge < -0.3 is 4.90 Å². The third-order valence-corrected chi connectivity index (χ3v) is 4.87. The highest BCUT2D eigenvalue weighted by Crippen LogP contribution is 2.27. The van der Waals surface area contributed by atoms with E-state index in [0.29, 0.717) is 17.4 Å². The first-order valence-corrected chi connectivity index (χ1v) is 8.75. The average molecular weight is 349 g/mol. The van der Waals surface area contributed by atoms with Crippen molar-refractivity contribution in [2.45, 2.75) is 25.8 Å². The maximum absolute atomic E-state index is 12.8. The van der Waals surface area contributed by atoms with E-state index in [1.165, 1.54) is 10.1 Å². The second-order valence-corrected chi connectivity index (χ2v) is 6.46. The minimum absolute atomic E-state index is 0.0145. The number of anilines is 1. The average Bonchev–Trinajstić information content (AvgIpc) is 2.67. The zero-order valence-corrected chi connectivity index (χ0v) is 14.3. The first-order valence-electron chi connectivity index (χ1n) is 8.75. The summed E-state index contributed by atoms with van der Waals surface area (Å²) < 4.78 is 1.46. The molecule has 6 nitrogen and oxygen atoms in total. The maximum atomic E-state index is 12.8. The molecule has 1 aromatic heterocycles. The van der Waals surface area contributed by atoms with Gasteiger partial charge in [0.2, 0.25) is 5.91 Å². The van der Waals surface area contributed by atoms with Crippen LogP contribution in [0.4, 0.5) is 5.69 Å². The quantitative estimate of drug-likeness (QED) is 0.786. The Morgan fingerprint density at radius 1 is 1.04 bits per heavy atom. The molecule has 0 saturated heterocycles. The molecule has 2 aromatic carbocycles. The van der Waals surface area contributed by atoms with E-state index >= 15 is 0 Å². The molecule has 0 spiro atoms. The Kier molecular flexibility index (Phi) is 4.16. The van der Waals surface area contributed by atoms with Gasteiger partial charge in [-0.05, 0) is 36.6 Å². The fraction of sp³-hybridized carbons (Fsp3) is 0.250. The van der Waals surface area contributed by atoms with Crippen LogP contribution < -0.4 is 16.1 Å². The SMILES string of the molecule is O=C(CCn1c(=O)[nH]c(=O)c2ccccc21)N1CCCc2ccccc21. The summed E-state index contributed by atoms with van der Waals surface area (Å²) >= 11 is 0. The summed E-state index contributed by atoms with van der Waals surface area (Å²) in [6, 6.07) is 14.9. The number of para-hydroxylation sites is 2. The van der Waals surface area contributed by atoms with E-state index in [1.807, 2.05) is 18.2 Å². The van der Waals surface area contributed by atoms with Crippen molar-refractivity contribution in [1.29, 1.82) is 0 Å². The molecule has 1 amide bonds. The summed E-state index contributed by atoms with van der Waals surface area (Å²) in [7, 11) is 0. The number of hydrogen-bond donors (Lipinski definition) is 1. The summed E-state index contributed by atoms with van der Waals surface area (Å²) in [5.74, 6) is -0.0145. The monoisotopic (exact) mass is 349 g/mol. The lowest BCUT2D eigenvalue weighted by Crippen LogP contribution is -2.37. The molecular formula is C20H19N3O3. The summed E-state index contributed by atoms with van der Waals surface area (Å²) in [4.78, 5) is 41.1. The van der Waals surface area contributed by atoms with E-state index in [0.717, 1.165) is 18.5 Å². The smallest absolute Gasteiger partial charge is 0.312 e. The van der Waals surface area contributed by atoms with E-state index < -0.39 is 11.2 Å². The molecule has 4 rings (SSSR count). The van der Waals surface area contributed by atoms with Crippen molar-refractivity contribution in [3.63, 3.8) is 0 Å². The van der Waals surface area contributed by atoms with Gasteiger partial charge in [-0.25, -0.2) is 4.79 Å². The van der Waals surface area contributed by atoms with E-state index in [9.17, 15) is 14.4 Å². The molecule has 3 aromatic rings. The summed E-state index contributed by atoms with van der Waals surface area (Å²) in [5, 5.41) is 0.447. The number of hydrogen-bond acceptors (Lipinski definition) is 3. The fourth-order valence-corrected chi connectivity index (χ4v) is 3.60. The highest BCUT2D eigenvalue weighted by molar-refractivity contribution is 5.94. The van der Waals surface area contributed by atoms with Crippen molar-refractivity contribution < 1.29 is 4.79 Å². The number of amides is 1. The molecule has 1 aliphatic heterocycles. The van der Waals surface area contributed by atoms with Crippen LogP contribution >= 0.6 is 0 Å². The molecule has 0 unspecified atom stereocenters.